The molecule has 0 unspecified atom stereocenters. The highest BCUT2D eigenvalue weighted by Crippen LogP contribution is 2.39. The number of hydrogen-bond acceptors (Lipinski definition) is 3. The van der Waals surface area contributed by atoms with Gasteiger partial charge in [0.1, 0.15) is 11.5 Å². The molecule has 0 aliphatic carbocycles. The van der Waals surface area contributed by atoms with Crippen molar-refractivity contribution in [1.82, 2.24) is 4.90 Å². The van der Waals surface area contributed by atoms with Crippen LogP contribution in [0.2, 0.25) is 0 Å². The molecule has 1 heterocycles. The number of benzene rings is 2. The highest BCUT2D eigenvalue weighted by Gasteiger charge is 2.27. The van der Waals surface area contributed by atoms with Crippen molar-refractivity contribution >= 4 is 5.91 Å². The van der Waals surface area contributed by atoms with Crippen LogP contribution in [0.4, 0.5) is 0 Å². The number of nitrogens with zero attached hydrogens (tertiary/aromatic N) is 1. The maximum atomic E-state index is 11.9. The topological polar surface area (TPSA) is 55.6 Å². The second-order valence-corrected chi connectivity index (χ2v) is 7.90. The lowest BCUT2D eigenvalue weighted by atomic mass is 9.84. The van der Waals surface area contributed by atoms with Crippen molar-refractivity contribution in [2.75, 3.05) is 19.6 Å². The Kier molecular flexibility index (Phi) is 6.17. The first kappa shape index (κ1) is 19.4. The smallest absolute Gasteiger partial charge is 0.248 e. The average molecular weight is 367 g/mol. The van der Waals surface area contributed by atoms with E-state index in [2.05, 4.69) is 18.7 Å². The summed E-state index contributed by atoms with van der Waals surface area (Å²) in [4.78, 5) is 14.4. The van der Waals surface area contributed by atoms with E-state index in [-0.39, 0.29) is 5.91 Å². The number of nitrogens with two attached hydrogens (primary N) is 1. The third-order valence-electron chi connectivity index (χ3n) is 5.33. The molecule has 4 heteroatoms. The lowest BCUT2D eigenvalue weighted by Crippen LogP contribution is -2.35. The van der Waals surface area contributed by atoms with Gasteiger partial charge in [0.25, 0.3) is 0 Å². The zero-order chi connectivity index (χ0) is 19.4. The molecule has 1 aliphatic heterocycles. The number of likely N-dealkylation sites (tertiary alicyclic amines) is 1. The van der Waals surface area contributed by atoms with E-state index in [1.807, 2.05) is 43.3 Å². The average Bonchev–Trinajstić information content (AvgIpc) is 2.63. The Hall–Kier alpha value is -2.33. The van der Waals surface area contributed by atoms with Gasteiger partial charge >= 0.3 is 0 Å². The Bertz CT molecular complexity index is 778. The van der Waals surface area contributed by atoms with Gasteiger partial charge in [-0.2, -0.15) is 0 Å². The van der Waals surface area contributed by atoms with Gasteiger partial charge in [-0.3, -0.25) is 4.79 Å². The van der Waals surface area contributed by atoms with Crippen LogP contribution in [0.1, 0.15) is 54.1 Å². The summed E-state index contributed by atoms with van der Waals surface area (Å²) in [5.74, 6) is 2.33. The molecule has 2 aromatic rings. The molecule has 1 amide bonds. The molecule has 2 N–H and O–H groups in total. The lowest BCUT2D eigenvalue weighted by molar-refractivity contribution is 0.0999. The zero-order valence-electron chi connectivity index (χ0n) is 16.6. The van der Waals surface area contributed by atoms with Crippen molar-refractivity contribution in [3.8, 4) is 11.5 Å². The number of hydrogen-bond donors (Lipinski definition) is 1. The van der Waals surface area contributed by atoms with Gasteiger partial charge in [-0.1, -0.05) is 32.0 Å². The lowest BCUT2D eigenvalue weighted by Gasteiger charge is -2.34. The van der Waals surface area contributed by atoms with Crippen molar-refractivity contribution in [2.24, 2.45) is 11.7 Å². The molecular weight excluding hydrogens is 336 g/mol. The van der Waals surface area contributed by atoms with Gasteiger partial charge in [0, 0.05) is 17.7 Å². The van der Waals surface area contributed by atoms with E-state index in [1.54, 1.807) is 6.07 Å². The maximum absolute atomic E-state index is 11.9. The van der Waals surface area contributed by atoms with Crippen LogP contribution in [0.5, 0.6) is 11.5 Å². The number of rotatable bonds is 6. The van der Waals surface area contributed by atoms with Crippen molar-refractivity contribution < 1.29 is 9.53 Å². The molecule has 4 nitrogen and oxygen atoms in total. The summed E-state index contributed by atoms with van der Waals surface area (Å²) in [6.45, 7) is 9.81. The Morgan fingerprint density at radius 1 is 1.15 bits per heavy atom. The fourth-order valence-corrected chi connectivity index (χ4v) is 4.10. The minimum Gasteiger partial charge on any atom is -0.457 e. The van der Waals surface area contributed by atoms with Gasteiger partial charge < -0.3 is 15.4 Å². The van der Waals surface area contributed by atoms with E-state index < -0.39 is 0 Å². The molecule has 0 spiro atoms. The largest absolute Gasteiger partial charge is 0.457 e. The molecule has 1 fully saturated rings. The van der Waals surface area contributed by atoms with Crippen LogP contribution in [0.3, 0.4) is 0 Å². The quantitative estimate of drug-likeness (QED) is 0.805. The molecular formula is C23H30N2O2. The number of ether oxygens (including phenoxy) is 1. The predicted molar refractivity (Wildman–Crippen MR) is 109 cm³/mol. The molecule has 27 heavy (non-hydrogen) atoms. The normalized spacial score (nSPS) is 15.9. The first-order valence-corrected chi connectivity index (χ1v) is 9.84. The van der Waals surface area contributed by atoms with Gasteiger partial charge in [0.15, 0.2) is 0 Å². The van der Waals surface area contributed by atoms with E-state index in [0.29, 0.717) is 17.4 Å². The Morgan fingerprint density at radius 2 is 1.81 bits per heavy atom. The fourth-order valence-electron chi connectivity index (χ4n) is 4.10. The van der Waals surface area contributed by atoms with E-state index in [9.17, 15) is 4.79 Å². The third kappa shape index (κ3) is 4.69. The van der Waals surface area contributed by atoms with Crippen molar-refractivity contribution in [2.45, 2.75) is 39.5 Å². The van der Waals surface area contributed by atoms with E-state index in [4.69, 9.17) is 10.5 Å². The number of para-hydroxylation sites is 1. The van der Waals surface area contributed by atoms with Crippen molar-refractivity contribution in [3.05, 3.63) is 59.2 Å². The standard InChI is InChI=1S/C23H30N2O2/c1-16(2)15-25-13-11-18(12-14-25)22-17(3)20(23(24)26)9-10-21(22)27-19-7-5-4-6-8-19/h4-10,16,18H,11-15H2,1-3H3,(H2,24,26). The summed E-state index contributed by atoms with van der Waals surface area (Å²) in [7, 11) is 0. The number of carbonyl (C=O) groups is 1. The van der Waals surface area contributed by atoms with Crippen molar-refractivity contribution in [3.63, 3.8) is 0 Å². The molecule has 144 valence electrons. The van der Waals surface area contributed by atoms with Gasteiger partial charge in [-0.15, -0.1) is 0 Å². The van der Waals surface area contributed by atoms with Crippen LogP contribution in [-0.4, -0.2) is 30.4 Å². The molecule has 0 saturated carbocycles. The third-order valence-corrected chi connectivity index (χ3v) is 5.33. The second-order valence-electron chi connectivity index (χ2n) is 7.90. The first-order valence-electron chi connectivity index (χ1n) is 9.84. The highest BCUT2D eigenvalue weighted by atomic mass is 16.5. The van der Waals surface area contributed by atoms with Gasteiger partial charge in [0.2, 0.25) is 5.91 Å². The molecule has 2 aromatic carbocycles. The van der Waals surface area contributed by atoms with Crippen LogP contribution < -0.4 is 10.5 Å². The predicted octanol–water partition coefficient (Wildman–Crippen LogP) is 4.72. The number of piperidine rings is 1. The summed E-state index contributed by atoms with van der Waals surface area (Å²) in [6, 6.07) is 13.5. The van der Waals surface area contributed by atoms with Crippen molar-refractivity contribution in [1.29, 1.82) is 0 Å². The number of amides is 1. The Morgan fingerprint density at radius 3 is 2.41 bits per heavy atom. The first-order chi connectivity index (χ1) is 13.0. The van der Waals surface area contributed by atoms with Crippen LogP contribution in [0, 0.1) is 12.8 Å². The Labute approximate surface area is 162 Å². The van der Waals surface area contributed by atoms with E-state index >= 15 is 0 Å². The van der Waals surface area contributed by atoms with E-state index in [0.717, 1.165) is 55.1 Å². The summed E-state index contributed by atoms with van der Waals surface area (Å²) in [5.41, 5.74) is 8.29. The fraction of sp³-hybridized carbons (Fsp3) is 0.435. The van der Waals surface area contributed by atoms with Crippen LogP contribution in [0.25, 0.3) is 0 Å². The van der Waals surface area contributed by atoms with Gasteiger partial charge in [-0.25, -0.2) is 0 Å². The minimum atomic E-state index is -0.378. The zero-order valence-corrected chi connectivity index (χ0v) is 16.6. The molecule has 3 rings (SSSR count). The van der Waals surface area contributed by atoms with Crippen LogP contribution in [-0.2, 0) is 0 Å². The van der Waals surface area contributed by atoms with Gasteiger partial charge in [0.05, 0.1) is 0 Å². The Balaban J connectivity index is 1.89. The number of carbonyl (C=O) groups excluding carboxylic acids is 1. The summed E-state index contributed by atoms with van der Waals surface area (Å²) >= 11 is 0. The minimum absolute atomic E-state index is 0.378. The molecule has 0 aromatic heterocycles. The molecule has 0 bridgehead atoms. The number of primary amides is 1. The van der Waals surface area contributed by atoms with Crippen LogP contribution >= 0.6 is 0 Å². The maximum Gasteiger partial charge on any atom is 0.248 e. The van der Waals surface area contributed by atoms with Gasteiger partial charge in [-0.05, 0) is 74.5 Å². The molecule has 0 atom stereocenters. The monoisotopic (exact) mass is 366 g/mol. The summed E-state index contributed by atoms with van der Waals surface area (Å²) in [6.07, 6.45) is 2.14. The summed E-state index contributed by atoms with van der Waals surface area (Å²) in [5, 5.41) is 0. The molecule has 1 saturated heterocycles. The molecule has 0 radical (unpaired) electrons. The SMILES string of the molecule is Cc1c(C(N)=O)ccc(Oc2ccccc2)c1C1CCN(CC(C)C)CC1. The van der Waals surface area contributed by atoms with Crippen LogP contribution in [0.15, 0.2) is 42.5 Å². The molecule has 1 aliphatic rings. The van der Waals surface area contributed by atoms with E-state index in [1.165, 1.54) is 0 Å². The second kappa shape index (κ2) is 8.57. The summed E-state index contributed by atoms with van der Waals surface area (Å²) < 4.78 is 6.20. The highest BCUT2D eigenvalue weighted by molar-refractivity contribution is 5.95.